The molecular formula is C63H56N2. The summed E-state index contributed by atoms with van der Waals surface area (Å²) in [6, 6.07) is 57.9. The van der Waals surface area contributed by atoms with Crippen LogP contribution in [0.4, 0.5) is 0 Å². The van der Waals surface area contributed by atoms with E-state index in [2.05, 4.69) is 212 Å². The molecule has 2 heteroatoms. The van der Waals surface area contributed by atoms with E-state index in [0.717, 1.165) is 35.2 Å². The summed E-state index contributed by atoms with van der Waals surface area (Å²) in [5.41, 5.74) is 24.4. The first-order chi connectivity index (χ1) is 31.4. The summed E-state index contributed by atoms with van der Waals surface area (Å²) in [6.07, 6.45) is 6.80. The first-order valence-electron chi connectivity index (χ1n) is 23.4. The lowest BCUT2D eigenvalue weighted by atomic mass is 9.76. The van der Waals surface area contributed by atoms with E-state index >= 15 is 0 Å². The van der Waals surface area contributed by atoms with Crippen LogP contribution in [-0.4, -0.2) is 11.5 Å². The molecule has 0 fully saturated rings. The number of fused-ring (bicyclic) bond motifs is 9. The van der Waals surface area contributed by atoms with Gasteiger partial charge in [-0.25, -0.2) is 9.98 Å². The van der Waals surface area contributed by atoms with Gasteiger partial charge in [0.1, 0.15) is 0 Å². The molecule has 318 valence electrons. The normalized spacial score (nSPS) is 18.1. The average molecular weight is 841 g/mol. The predicted octanol–water partition coefficient (Wildman–Crippen LogP) is 16.1. The van der Waals surface area contributed by atoms with Crippen molar-refractivity contribution < 1.29 is 0 Å². The lowest BCUT2D eigenvalue weighted by Gasteiger charge is -2.28. The lowest BCUT2D eigenvalue weighted by molar-refractivity contribution is 0.645. The molecule has 7 aromatic rings. The molecule has 0 spiro atoms. The Morgan fingerprint density at radius 1 is 0.538 bits per heavy atom. The molecule has 0 N–H and O–H groups in total. The van der Waals surface area contributed by atoms with E-state index in [0.29, 0.717) is 11.5 Å². The number of rotatable bonds is 7. The van der Waals surface area contributed by atoms with Crippen LogP contribution in [-0.2, 0) is 16.2 Å². The minimum atomic E-state index is -0.268. The topological polar surface area (TPSA) is 24.7 Å². The Morgan fingerprint density at radius 3 is 1.74 bits per heavy atom. The van der Waals surface area contributed by atoms with Crippen LogP contribution < -0.4 is 0 Å². The fraction of sp³-hybridized carbons (Fsp3) is 0.206. The molecule has 0 aliphatic heterocycles. The molecule has 65 heavy (non-hydrogen) atoms. The maximum atomic E-state index is 5.45. The van der Waals surface area contributed by atoms with Crippen molar-refractivity contribution in [1.29, 1.82) is 0 Å². The fourth-order valence-corrected chi connectivity index (χ4v) is 11.6. The van der Waals surface area contributed by atoms with Crippen molar-refractivity contribution in [3.05, 3.63) is 238 Å². The SMILES string of the molecule is C=C(N=C(N=C(CC)c1ccccc1)c1ccccc1)c1cc(-c2ccc3c(c2)C(C)(C)c2ccccc2-3)cc2c1C1=CCC(c3ccc4c(c3)C(C)(C)c3ccccc3-4)C=C1C2(C)C. The van der Waals surface area contributed by atoms with E-state index in [1.807, 2.05) is 6.07 Å². The number of nitrogens with zero attached hydrogens (tertiary/aromatic N) is 2. The Labute approximate surface area is 385 Å². The zero-order valence-electron chi connectivity index (χ0n) is 38.8. The molecule has 0 heterocycles. The fourth-order valence-electron chi connectivity index (χ4n) is 11.6. The molecule has 0 aromatic heterocycles. The highest BCUT2D eigenvalue weighted by Crippen LogP contribution is 2.57. The van der Waals surface area contributed by atoms with Crippen molar-refractivity contribution in [2.45, 2.75) is 83.5 Å². The van der Waals surface area contributed by atoms with Crippen LogP contribution in [0.25, 0.3) is 44.7 Å². The second-order valence-corrected chi connectivity index (χ2v) is 20.0. The van der Waals surface area contributed by atoms with Crippen molar-refractivity contribution in [1.82, 2.24) is 0 Å². The number of amidine groups is 1. The maximum Gasteiger partial charge on any atom is 0.160 e. The van der Waals surface area contributed by atoms with Gasteiger partial charge in [-0.1, -0.05) is 207 Å². The second-order valence-electron chi connectivity index (χ2n) is 20.0. The van der Waals surface area contributed by atoms with E-state index in [1.165, 1.54) is 83.5 Å². The summed E-state index contributed by atoms with van der Waals surface area (Å²) in [7, 11) is 0. The number of hydrogen-bond acceptors (Lipinski definition) is 1. The van der Waals surface area contributed by atoms with Gasteiger partial charge in [-0.05, 0) is 120 Å². The van der Waals surface area contributed by atoms with Crippen LogP contribution >= 0.6 is 0 Å². The summed E-state index contributed by atoms with van der Waals surface area (Å²) in [4.78, 5) is 10.8. The molecule has 1 atom stereocenters. The van der Waals surface area contributed by atoms with Gasteiger partial charge in [0, 0.05) is 39.0 Å². The third-order valence-corrected chi connectivity index (χ3v) is 15.2. The quantitative estimate of drug-likeness (QED) is 0.113. The molecule has 0 saturated heterocycles. The van der Waals surface area contributed by atoms with Gasteiger partial charge in [-0.15, -0.1) is 0 Å². The summed E-state index contributed by atoms with van der Waals surface area (Å²) >= 11 is 0. The molecule has 4 aliphatic rings. The van der Waals surface area contributed by atoms with E-state index in [4.69, 9.17) is 16.6 Å². The molecule has 0 saturated carbocycles. The van der Waals surface area contributed by atoms with Crippen LogP contribution in [0.3, 0.4) is 0 Å². The number of hydrogen-bond donors (Lipinski definition) is 0. The Bertz CT molecular complexity index is 3240. The summed E-state index contributed by atoms with van der Waals surface area (Å²) in [5, 5.41) is 0. The molecular weight excluding hydrogens is 785 g/mol. The summed E-state index contributed by atoms with van der Waals surface area (Å²) in [5.74, 6) is 0.932. The molecule has 0 radical (unpaired) electrons. The summed E-state index contributed by atoms with van der Waals surface area (Å²) in [6.45, 7) is 21.3. The average Bonchev–Trinajstić information content (AvgIpc) is 3.82. The van der Waals surface area contributed by atoms with Crippen molar-refractivity contribution in [2.24, 2.45) is 9.98 Å². The number of benzene rings is 7. The highest BCUT2D eigenvalue weighted by molar-refractivity contribution is 6.13. The largest absolute Gasteiger partial charge is 0.233 e. The van der Waals surface area contributed by atoms with Gasteiger partial charge >= 0.3 is 0 Å². The van der Waals surface area contributed by atoms with Crippen LogP contribution in [0.2, 0.25) is 0 Å². The van der Waals surface area contributed by atoms with Crippen molar-refractivity contribution in [2.75, 3.05) is 0 Å². The van der Waals surface area contributed by atoms with Crippen molar-refractivity contribution >= 4 is 22.8 Å². The number of aliphatic imine (C=N–C) groups is 2. The van der Waals surface area contributed by atoms with Gasteiger partial charge in [0.05, 0.1) is 5.70 Å². The van der Waals surface area contributed by atoms with E-state index < -0.39 is 0 Å². The van der Waals surface area contributed by atoms with Crippen molar-refractivity contribution in [3.8, 4) is 33.4 Å². The Balaban J connectivity index is 1.07. The monoisotopic (exact) mass is 840 g/mol. The minimum Gasteiger partial charge on any atom is -0.233 e. The molecule has 0 amide bonds. The van der Waals surface area contributed by atoms with Crippen LogP contribution in [0.5, 0.6) is 0 Å². The first-order valence-corrected chi connectivity index (χ1v) is 23.4. The van der Waals surface area contributed by atoms with E-state index in [9.17, 15) is 0 Å². The Hall–Kier alpha value is -6.90. The second kappa shape index (κ2) is 15.1. The first kappa shape index (κ1) is 40.8. The van der Waals surface area contributed by atoms with Gasteiger partial charge in [-0.2, -0.15) is 0 Å². The standard InChI is InChI=1S/C63H56N2/c1-9-58(40-20-12-10-13-21-40)65-60(41-22-14-11-15-23-41)64-39(2)51-34-45(44-29-32-49-47-25-17-19-27-53(47)62(5,6)55(49)37-44)38-57-59(51)50-33-30-43(36-56(50)63(57,7)8)42-28-31-48-46-24-16-18-26-52(46)61(3,4)54(48)35-42/h10-29,31-38,43H,2,9,30H2,1,3-8H3. The molecule has 0 bridgehead atoms. The van der Waals surface area contributed by atoms with E-state index in [1.54, 1.807) is 0 Å². The van der Waals surface area contributed by atoms with Crippen LogP contribution in [0.15, 0.2) is 192 Å². The zero-order valence-corrected chi connectivity index (χ0v) is 38.8. The highest BCUT2D eigenvalue weighted by Gasteiger charge is 2.43. The Kier molecular flexibility index (Phi) is 9.49. The lowest BCUT2D eigenvalue weighted by Crippen LogP contribution is -2.18. The van der Waals surface area contributed by atoms with Crippen LogP contribution in [0.1, 0.15) is 123 Å². The van der Waals surface area contributed by atoms with Gasteiger partial charge in [0.15, 0.2) is 5.84 Å². The molecule has 2 nitrogen and oxygen atoms in total. The van der Waals surface area contributed by atoms with Gasteiger partial charge in [-0.3, -0.25) is 0 Å². The highest BCUT2D eigenvalue weighted by atomic mass is 14.9. The Morgan fingerprint density at radius 2 is 1.09 bits per heavy atom. The van der Waals surface area contributed by atoms with Crippen molar-refractivity contribution in [3.63, 3.8) is 0 Å². The smallest absolute Gasteiger partial charge is 0.160 e. The molecule has 7 aromatic carbocycles. The summed E-state index contributed by atoms with van der Waals surface area (Å²) < 4.78 is 0. The third kappa shape index (κ3) is 6.44. The molecule has 4 aliphatic carbocycles. The maximum absolute atomic E-state index is 5.45. The zero-order chi connectivity index (χ0) is 44.8. The van der Waals surface area contributed by atoms with Gasteiger partial charge in [0.25, 0.3) is 0 Å². The molecule has 11 rings (SSSR count). The van der Waals surface area contributed by atoms with Crippen LogP contribution in [0, 0.1) is 0 Å². The van der Waals surface area contributed by atoms with Gasteiger partial charge in [0.2, 0.25) is 0 Å². The molecule has 1 unspecified atom stereocenters. The number of allylic oxidation sites excluding steroid dienone is 4. The van der Waals surface area contributed by atoms with E-state index in [-0.39, 0.29) is 22.2 Å². The minimum absolute atomic E-state index is 0.0447. The third-order valence-electron chi connectivity index (χ3n) is 15.2. The predicted molar refractivity (Wildman–Crippen MR) is 275 cm³/mol. The van der Waals surface area contributed by atoms with Gasteiger partial charge < -0.3 is 0 Å².